The SMILES string of the molecule is CCCc1cc2ccc(Cl)cc2n1CC. The van der Waals surface area contributed by atoms with Gasteiger partial charge in [-0.2, -0.15) is 0 Å². The molecule has 1 aromatic heterocycles. The van der Waals surface area contributed by atoms with E-state index in [-0.39, 0.29) is 0 Å². The molecular weight excluding hydrogens is 206 g/mol. The van der Waals surface area contributed by atoms with Gasteiger partial charge >= 0.3 is 0 Å². The molecule has 0 fully saturated rings. The molecule has 2 heteroatoms. The third-order valence-electron chi connectivity index (χ3n) is 2.77. The lowest BCUT2D eigenvalue weighted by molar-refractivity contribution is 0.722. The van der Waals surface area contributed by atoms with E-state index in [1.807, 2.05) is 6.07 Å². The maximum absolute atomic E-state index is 6.02. The molecule has 0 atom stereocenters. The van der Waals surface area contributed by atoms with Crippen LogP contribution in [0, 0.1) is 0 Å². The number of rotatable bonds is 3. The summed E-state index contributed by atoms with van der Waals surface area (Å²) in [6.45, 7) is 5.41. The number of hydrogen-bond acceptors (Lipinski definition) is 0. The molecular formula is C13H16ClN. The van der Waals surface area contributed by atoms with Crippen molar-refractivity contribution in [3.63, 3.8) is 0 Å². The maximum atomic E-state index is 6.02. The molecule has 0 saturated carbocycles. The molecule has 0 bridgehead atoms. The van der Waals surface area contributed by atoms with Gasteiger partial charge in [-0.05, 0) is 36.9 Å². The predicted octanol–water partition coefficient (Wildman–Crippen LogP) is 4.27. The normalized spacial score (nSPS) is 11.1. The number of fused-ring (bicyclic) bond motifs is 1. The summed E-state index contributed by atoms with van der Waals surface area (Å²) in [5.41, 5.74) is 2.67. The van der Waals surface area contributed by atoms with E-state index < -0.39 is 0 Å². The number of halogens is 1. The fourth-order valence-electron chi connectivity index (χ4n) is 2.12. The number of nitrogens with zero attached hydrogens (tertiary/aromatic N) is 1. The second-order valence-electron chi connectivity index (χ2n) is 3.83. The summed E-state index contributed by atoms with van der Waals surface area (Å²) >= 11 is 6.02. The summed E-state index contributed by atoms with van der Waals surface area (Å²) < 4.78 is 2.35. The van der Waals surface area contributed by atoms with Gasteiger partial charge < -0.3 is 4.57 Å². The number of benzene rings is 1. The Morgan fingerprint density at radius 1 is 1.20 bits per heavy atom. The highest BCUT2D eigenvalue weighted by molar-refractivity contribution is 6.31. The third-order valence-corrected chi connectivity index (χ3v) is 3.01. The molecule has 0 unspecified atom stereocenters. The highest BCUT2D eigenvalue weighted by atomic mass is 35.5. The van der Waals surface area contributed by atoms with Crippen molar-refractivity contribution >= 4 is 22.5 Å². The van der Waals surface area contributed by atoms with Gasteiger partial charge in [-0.3, -0.25) is 0 Å². The first-order chi connectivity index (χ1) is 7.26. The first kappa shape index (κ1) is 10.6. The van der Waals surface area contributed by atoms with Crippen LogP contribution in [0.5, 0.6) is 0 Å². The standard InChI is InChI=1S/C13H16ClN/c1-3-5-12-8-10-6-7-11(14)9-13(10)15(12)4-2/h6-9H,3-5H2,1-2H3. The maximum Gasteiger partial charge on any atom is 0.0497 e. The van der Waals surface area contributed by atoms with Crippen LogP contribution in [0.3, 0.4) is 0 Å². The van der Waals surface area contributed by atoms with Gasteiger partial charge in [0.05, 0.1) is 0 Å². The number of hydrogen-bond donors (Lipinski definition) is 0. The molecule has 0 amide bonds. The molecule has 0 radical (unpaired) electrons. The van der Waals surface area contributed by atoms with Crippen LogP contribution < -0.4 is 0 Å². The van der Waals surface area contributed by atoms with E-state index in [1.54, 1.807) is 0 Å². The van der Waals surface area contributed by atoms with E-state index in [0.29, 0.717) is 0 Å². The number of aromatic nitrogens is 1. The monoisotopic (exact) mass is 221 g/mol. The van der Waals surface area contributed by atoms with Gasteiger partial charge in [0.15, 0.2) is 0 Å². The summed E-state index contributed by atoms with van der Waals surface area (Å²) in [7, 11) is 0. The molecule has 0 saturated heterocycles. The zero-order valence-electron chi connectivity index (χ0n) is 9.26. The molecule has 15 heavy (non-hydrogen) atoms. The predicted molar refractivity (Wildman–Crippen MR) is 66.6 cm³/mol. The van der Waals surface area contributed by atoms with Crippen molar-refractivity contribution in [3.05, 3.63) is 35.0 Å². The zero-order valence-corrected chi connectivity index (χ0v) is 10.0. The van der Waals surface area contributed by atoms with Crippen LogP contribution in [0.1, 0.15) is 26.0 Å². The Bertz CT molecular complexity index is 471. The van der Waals surface area contributed by atoms with E-state index in [9.17, 15) is 0 Å². The molecule has 0 aliphatic rings. The Hall–Kier alpha value is -0.950. The summed E-state index contributed by atoms with van der Waals surface area (Å²) in [6.07, 6.45) is 2.32. The molecule has 0 spiro atoms. The molecule has 1 nitrogen and oxygen atoms in total. The molecule has 2 rings (SSSR count). The van der Waals surface area contributed by atoms with Crippen LogP contribution in [0.15, 0.2) is 24.3 Å². The largest absolute Gasteiger partial charge is 0.345 e. The van der Waals surface area contributed by atoms with Gasteiger partial charge in [-0.25, -0.2) is 0 Å². The third kappa shape index (κ3) is 1.89. The highest BCUT2D eigenvalue weighted by Crippen LogP contribution is 2.24. The Morgan fingerprint density at radius 3 is 2.67 bits per heavy atom. The van der Waals surface area contributed by atoms with Crippen molar-refractivity contribution in [1.82, 2.24) is 4.57 Å². The van der Waals surface area contributed by atoms with Crippen LogP contribution in [0.2, 0.25) is 5.02 Å². The van der Waals surface area contributed by atoms with Crippen molar-refractivity contribution in [2.75, 3.05) is 0 Å². The topological polar surface area (TPSA) is 4.93 Å². The molecule has 80 valence electrons. The Labute approximate surface area is 95.7 Å². The van der Waals surface area contributed by atoms with Crippen LogP contribution in [0.25, 0.3) is 10.9 Å². The van der Waals surface area contributed by atoms with Crippen molar-refractivity contribution < 1.29 is 0 Å². The van der Waals surface area contributed by atoms with Crippen molar-refractivity contribution in [3.8, 4) is 0 Å². The molecule has 2 aromatic rings. The van der Waals surface area contributed by atoms with Gasteiger partial charge in [0.1, 0.15) is 0 Å². The van der Waals surface area contributed by atoms with E-state index >= 15 is 0 Å². The Balaban J connectivity index is 2.63. The van der Waals surface area contributed by atoms with Gasteiger partial charge in [0, 0.05) is 22.8 Å². The molecule has 0 aliphatic carbocycles. The van der Waals surface area contributed by atoms with Crippen molar-refractivity contribution in [2.24, 2.45) is 0 Å². The minimum atomic E-state index is 0.818. The van der Waals surface area contributed by atoms with E-state index in [0.717, 1.165) is 18.0 Å². The minimum Gasteiger partial charge on any atom is -0.345 e. The quantitative estimate of drug-likeness (QED) is 0.730. The lowest BCUT2D eigenvalue weighted by Crippen LogP contribution is -1.99. The van der Waals surface area contributed by atoms with Crippen LogP contribution in [-0.4, -0.2) is 4.57 Å². The fourth-order valence-corrected chi connectivity index (χ4v) is 2.29. The lowest BCUT2D eigenvalue weighted by atomic mass is 10.2. The summed E-state index contributed by atoms with van der Waals surface area (Å²) in [6, 6.07) is 8.39. The molecule has 1 aromatic carbocycles. The smallest absolute Gasteiger partial charge is 0.0497 e. The van der Waals surface area contributed by atoms with E-state index in [1.165, 1.54) is 23.0 Å². The van der Waals surface area contributed by atoms with Crippen LogP contribution in [-0.2, 0) is 13.0 Å². The Kier molecular flexibility index (Phi) is 3.01. The van der Waals surface area contributed by atoms with Gasteiger partial charge in [-0.15, -0.1) is 0 Å². The van der Waals surface area contributed by atoms with Gasteiger partial charge in [0.25, 0.3) is 0 Å². The number of aryl methyl sites for hydroxylation is 2. The first-order valence-corrected chi connectivity index (χ1v) is 5.91. The second-order valence-corrected chi connectivity index (χ2v) is 4.27. The molecule has 0 N–H and O–H groups in total. The summed E-state index contributed by atoms with van der Waals surface area (Å²) in [5, 5.41) is 2.11. The van der Waals surface area contributed by atoms with Crippen molar-refractivity contribution in [1.29, 1.82) is 0 Å². The minimum absolute atomic E-state index is 0.818. The Morgan fingerprint density at radius 2 is 2.00 bits per heavy atom. The average molecular weight is 222 g/mol. The summed E-state index contributed by atoms with van der Waals surface area (Å²) in [4.78, 5) is 0. The van der Waals surface area contributed by atoms with E-state index in [4.69, 9.17) is 11.6 Å². The lowest BCUT2D eigenvalue weighted by Gasteiger charge is -2.06. The fraction of sp³-hybridized carbons (Fsp3) is 0.385. The van der Waals surface area contributed by atoms with Crippen LogP contribution >= 0.6 is 11.6 Å². The van der Waals surface area contributed by atoms with Crippen LogP contribution in [0.4, 0.5) is 0 Å². The molecule has 0 aliphatic heterocycles. The van der Waals surface area contributed by atoms with Gasteiger partial charge in [-0.1, -0.05) is 31.0 Å². The van der Waals surface area contributed by atoms with E-state index in [2.05, 4.69) is 36.6 Å². The second kappa shape index (κ2) is 4.28. The van der Waals surface area contributed by atoms with Gasteiger partial charge in [0.2, 0.25) is 0 Å². The van der Waals surface area contributed by atoms with Crippen molar-refractivity contribution in [2.45, 2.75) is 33.2 Å². The zero-order chi connectivity index (χ0) is 10.8. The average Bonchev–Trinajstić information content (AvgIpc) is 2.55. The molecule has 1 heterocycles. The first-order valence-electron chi connectivity index (χ1n) is 5.54. The summed E-state index contributed by atoms with van der Waals surface area (Å²) in [5.74, 6) is 0. The highest BCUT2D eigenvalue weighted by Gasteiger charge is 2.06.